The van der Waals surface area contributed by atoms with Crippen LogP contribution in [0.3, 0.4) is 0 Å². The van der Waals surface area contributed by atoms with Crippen molar-refractivity contribution in [2.24, 2.45) is 0 Å². The fourth-order valence-corrected chi connectivity index (χ4v) is 3.34. The molecule has 0 saturated heterocycles. The van der Waals surface area contributed by atoms with E-state index < -0.39 is 12.1 Å². The molecule has 0 bridgehead atoms. The van der Waals surface area contributed by atoms with Crippen LogP contribution in [0.1, 0.15) is 27.4 Å². The molecule has 3 aromatic rings. The standard InChI is InChI=1S/C20H15N3O4/c24-19(25)16-9-21-22-10-18(16)23-20(26)27-11-17-14-7-3-1-5-12(14)13-6-2-4-8-15(13)17/h1-10,17H,11H2,(H,24,25)(H,21,23,26). The average Bonchev–Trinajstić information content (AvgIpc) is 3.00. The Bertz CT molecular complexity index is 989. The number of hydrogen-bond donors (Lipinski definition) is 2. The smallest absolute Gasteiger partial charge is 0.411 e. The van der Waals surface area contributed by atoms with Crippen LogP contribution in [0, 0.1) is 0 Å². The Morgan fingerprint density at radius 3 is 2.19 bits per heavy atom. The molecule has 0 fully saturated rings. The van der Waals surface area contributed by atoms with Crippen LogP contribution in [0.5, 0.6) is 0 Å². The molecule has 7 nitrogen and oxygen atoms in total. The van der Waals surface area contributed by atoms with Crippen molar-refractivity contribution in [1.29, 1.82) is 0 Å². The number of ether oxygens (including phenoxy) is 1. The summed E-state index contributed by atoms with van der Waals surface area (Å²) in [6, 6.07) is 16.0. The molecule has 1 heterocycles. The molecular weight excluding hydrogens is 346 g/mol. The van der Waals surface area contributed by atoms with E-state index in [4.69, 9.17) is 9.84 Å². The summed E-state index contributed by atoms with van der Waals surface area (Å²) in [5.74, 6) is -1.28. The van der Waals surface area contributed by atoms with E-state index in [-0.39, 0.29) is 23.8 Å². The van der Waals surface area contributed by atoms with Crippen LogP contribution in [0.25, 0.3) is 11.1 Å². The van der Waals surface area contributed by atoms with Crippen LogP contribution >= 0.6 is 0 Å². The summed E-state index contributed by atoms with van der Waals surface area (Å²) >= 11 is 0. The van der Waals surface area contributed by atoms with Crippen molar-refractivity contribution in [3.8, 4) is 11.1 Å². The summed E-state index contributed by atoms with van der Waals surface area (Å²) in [6.07, 6.45) is 1.50. The van der Waals surface area contributed by atoms with Gasteiger partial charge in [0.2, 0.25) is 0 Å². The molecule has 134 valence electrons. The number of hydrogen-bond acceptors (Lipinski definition) is 5. The number of carboxylic acids is 1. The zero-order valence-electron chi connectivity index (χ0n) is 14.1. The normalized spacial score (nSPS) is 12.1. The zero-order valence-corrected chi connectivity index (χ0v) is 14.1. The molecule has 1 aliphatic carbocycles. The van der Waals surface area contributed by atoms with E-state index in [1.807, 2.05) is 36.4 Å². The van der Waals surface area contributed by atoms with Gasteiger partial charge in [-0.2, -0.15) is 10.2 Å². The average molecular weight is 361 g/mol. The molecule has 0 radical (unpaired) electrons. The molecule has 0 saturated carbocycles. The van der Waals surface area contributed by atoms with Crippen LogP contribution in [0.4, 0.5) is 10.5 Å². The summed E-state index contributed by atoms with van der Waals surface area (Å²) in [7, 11) is 0. The van der Waals surface area contributed by atoms with Crippen LogP contribution < -0.4 is 5.32 Å². The third-order valence-corrected chi connectivity index (χ3v) is 4.54. The number of amides is 1. The molecule has 1 amide bonds. The van der Waals surface area contributed by atoms with Crippen molar-refractivity contribution in [3.63, 3.8) is 0 Å². The fourth-order valence-electron chi connectivity index (χ4n) is 3.34. The lowest BCUT2D eigenvalue weighted by molar-refractivity contribution is 0.0697. The molecule has 4 rings (SSSR count). The number of aromatic carboxylic acids is 1. The van der Waals surface area contributed by atoms with Gasteiger partial charge in [0.25, 0.3) is 0 Å². The van der Waals surface area contributed by atoms with Gasteiger partial charge in [0.15, 0.2) is 0 Å². The van der Waals surface area contributed by atoms with E-state index in [1.165, 1.54) is 6.20 Å². The van der Waals surface area contributed by atoms with Gasteiger partial charge in [0.1, 0.15) is 12.2 Å². The van der Waals surface area contributed by atoms with Gasteiger partial charge in [-0.3, -0.25) is 5.32 Å². The minimum atomic E-state index is -1.21. The number of carbonyl (C=O) groups excluding carboxylic acids is 1. The maximum absolute atomic E-state index is 12.2. The quantitative estimate of drug-likeness (QED) is 0.737. The number of nitrogens with zero attached hydrogens (tertiary/aromatic N) is 2. The van der Waals surface area contributed by atoms with E-state index in [0.29, 0.717) is 0 Å². The number of fused-ring (bicyclic) bond motifs is 3. The molecule has 1 aliphatic rings. The van der Waals surface area contributed by atoms with Crippen LogP contribution in [0.2, 0.25) is 0 Å². The van der Waals surface area contributed by atoms with E-state index >= 15 is 0 Å². The molecular formula is C20H15N3O4. The third-order valence-electron chi connectivity index (χ3n) is 4.54. The molecule has 7 heteroatoms. The summed E-state index contributed by atoms with van der Waals surface area (Å²) in [5.41, 5.74) is 4.35. The van der Waals surface area contributed by atoms with E-state index in [9.17, 15) is 9.59 Å². The first kappa shape index (κ1) is 16.7. The lowest BCUT2D eigenvalue weighted by atomic mass is 9.98. The number of benzene rings is 2. The van der Waals surface area contributed by atoms with Crippen molar-refractivity contribution in [1.82, 2.24) is 10.2 Å². The maximum atomic E-state index is 12.2. The number of carbonyl (C=O) groups is 2. The minimum absolute atomic E-state index is 0.0368. The first-order valence-corrected chi connectivity index (χ1v) is 8.31. The summed E-state index contributed by atoms with van der Waals surface area (Å²) in [5, 5.41) is 18.7. The van der Waals surface area contributed by atoms with Gasteiger partial charge in [-0.15, -0.1) is 0 Å². The second kappa shape index (κ2) is 6.87. The van der Waals surface area contributed by atoms with Gasteiger partial charge >= 0.3 is 12.1 Å². The number of nitrogens with one attached hydrogen (secondary N) is 1. The highest BCUT2D eigenvalue weighted by Gasteiger charge is 2.29. The predicted molar refractivity (Wildman–Crippen MR) is 97.7 cm³/mol. The molecule has 0 unspecified atom stereocenters. The highest BCUT2D eigenvalue weighted by atomic mass is 16.5. The predicted octanol–water partition coefficient (Wildman–Crippen LogP) is 3.54. The number of rotatable bonds is 4. The van der Waals surface area contributed by atoms with Crippen LogP contribution in [-0.2, 0) is 4.74 Å². The maximum Gasteiger partial charge on any atom is 0.411 e. The van der Waals surface area contributed by atoms with Gasteiger partial charge in [0, 0.05) is 5.92 Å². The molecule has 2 aromatic carbocycles. The van der Waals surface area contributed by atoms with Crippen molar-refractivity contribution in [2.75, 3.05) is 11.9 Å². The SMILES string of the molecule is O=C(Nc1cnncc1C(=O)O)OCC1c2ccccc2-c2ccccc21. The Morgan fingerprint density at radius 2 is 1.56 bits per heavy atom. The van der Waals surface area contributed by atoms with E-state index in [2.05, 4.69) is 27.6 Å². The largest absolute Gasteiger partial charge is 0.478 e. The summed E-state index contributed by atoms with van der Waals surface area (Å²) in [6.45, 7) is 0.140. The Kier molecular flexibility index (Phi) is 4.25. The molecule has 2 N–H and O–H groups in total. The number of aromatic nitrogens is 2. The number of anilines is 1. The van der Waals surface area contributed by atoms with Crippen molar-refractivity contribution < 1.29 is 19.4 Å². The van der Waals surface area contributed by atoms with Crippen molar-refractivity contribution in [2.45, 2.75) is 5.92 Å². The monoisotopic (exact) mass is 361 g/mol. The summed E-state index contributed by atoms with van der Waals surface area (Å²) in [4.78, 5) is 23.4. The third kappa shape index (κ3) is 3.10. The number of carboxylic acid groups (broad SMARTS) is 1. The van der Waals surface area contributed by atoms with Gasteiger partial charge in [0.05, 0.1) is 18.1 Å². The Morgan fingerprint density at radius 1 is 0.963 bits per heavy atom. The summed E-state index contributed by atoms with van der Waals surface area (Å²) < 4.78 is 5.39. The minimum Gasteiger partial charge on any atom is -0.478 e. The van der Waals surface area contributed by atoms with Crippen LogP contribution in [-0.4, -0.2) is 34.0 Å². The van der Waals surface area contributed by atoms with Gasteiger partial charge in [-0.05, 0) is 22.3 Å². The lowest BCUT2D eigenvalue weighted by Gasteiger charge is -2.14. The Balaban J connectivity index is 1.51. The second-order valence-electron chi connectivity index (χ2n) is 6.07. The Labute approximate surface area is 154 Å². The lowest BCUT2D eigenvalue weighted by Crippen LogP contribution is -2.19. The van der Waals surface area contributed by atoms with Crippen molar-refractivity contribution in [3.05, 3.63) is 77.6 Å². The van der Waals surface area contributed by atoms with Gasteiger partial charge in [-0.1, -0.05) is 48.5 Å². The van der Waals surface area contributed by atoms with Crippen LogP contribution in [0.15, 0.2) is 60.9 Å². The van der Waals surface area contributed by atoms with E-state index in [0.717, 1.165) is 28.5 Å². The molecule has 0 spiro atoms. The topological polar surface area (TPSA) is 101 Å². The van der Waals surface area contributed by atoms with Gasteiger partial charge < -0.3 is 9.84 Å². The second-order valence-corrected chi connectivity index (χ2v) is 6.07. The molecule has 1 aromatic heterocycles. The van der Waals surface area contributed by atoms with Gasteiger partial charge in [-0.25, -0.2) is 9.59 Å². The molecule has 27 heavy (non-hydrogen) atoms. The highest BCUT2D eigenvalue weighted by molar-refractivity contribution is 5.98. The highest BCUT2D eigenvalue weighted by Crippen LogP contribution is 2.44. The Hall–Kier alpha value is -3.74. The molecule has 0 atom stereocenters. The first-order chi connectivity index (χ1) is 13.1. The fraction of sp³-hybridized carbons (Fsp3) is 0.100. The zero-order chi connectivity index (χ0) is 18.8. The molecule has 0 aliphatic heterocycles. The van der Waals surface area contributed by atoms with Crippen molar-refractivity contribution >= 4 is 17.7 Å². The van der Waals surface area contributed by atoms with E-state index in [1.54, 1.807) is 0 Å². The first-order valence-electron chi connectivity index (χ1n) is 8.31.